The lowest BCUT2D eigenvalue weighted by Crippen LogP contribution is -2.45. The molecule has 2 aromatic carbocycles. The van der Waals surface area contributed by atoms with Crippen LogP contribution < -0.4 is 5.32 Å². The third-order valence-corrected chi connectivity index (χ3v) is 7.69. The second kappa shape index (κ2) is 10.1. The lowest BCUT2D eigenvalue weighted by Gasteiger charge is -2.36. The predicted molar refractivity (Wildman–Crippen MR) is 131 cm³/mol. The topological polar surface area (TPSA) is 95.9 Å². The van der Waals surface area contributed by atoms with Crippen molar-refractivity contribution in [3.05, 3.63) is 59.7 Å². The summed E-state index contributed by atoms with van der Waals surface area (Å²) in [6.07, 6.45) is 3.76. The minimum absolute atomic E-state index is 0.0173. The lowest BCUT2D eigenvalue weighted by molar-refractivity contribution is -0.140. The average molecular weight is 477 g/mol. The molecule has 35 heavy (non-hydrogen) atoms. The number of alkyl carbamates (subject to hydrolysis) is 1. The number of aliphatic carboxylic acids is 1. The van der Waals surface area contributed by atoms with E-state index in [4.69, 9.17) is 9.84 Å². The summed E-state index contributed by atoms with van der Waals surface area (Å²) in [4.78, 5) is 38.4. The van der Waals surface area contributed by atoms with E-state index in [-0.39, 0.29) is 42.7 Å². The van der Waals surface area contributed by atoms with Gasteiger partial charge in [0.2, 0.25) is 5.91 Å². The molecule has 2 aliphatic carbocycles. The summed E-state index contributed by atoms with van der Waals surface area (Å²) in [5, 5.41) is 11.9. The third kappa shape index (κ3) is 5.04. The van der Waals surface area contributed by atoms with Crippen molar-refractivity contribution in [2.75, 3.05) is 19.7 Å². The largest absolute Gasteiger partial charge is 0.481 e. The summed E-state index contributed by atoms with van der Waals surface area (Å²) in [6, 6.07) is 16.5. The number of carbonyl (C=O) groups excluding carboxylic acids is 2. The van der Waals surface area contributed by atoms with Crippen molar-refractivity contribution in [2.45, 2.75) is 50.5 Å². The number of hydrogen-bond donors (Lipinski definition) is 2. The fraction of sp³-hybridized carbons (Fsp3) is 0.464. The maximum absolute atomic E-state index is 13.0. The van der Waals surface area contributed by atoms with Crippen LogP contribution in [-0.2, 0) is 14.3 Å². The Hall–Kier alpha value is -3.35. The number of nitrogens with one attached hydrogen (secondary N) is 1. The highest BCUT2D eigenvalue weighted by molar-refractivity contribution is 5.82. The standard InChI is InChI=1S/C28H32N2O5/c31-26(32)13-12-19-7-5-6-14-30(19)27(33)24-15-18(24)16-29-28(34)35-17-25-22-10-3-1-8-20(22)21-9-2-4-11-23(21)25/h1-4,8-11,18-19,24-25H,5-7,12-17H2,(H,29,34)(H,31,32)/t18-,19?,24-/m0/s1. The highest BCUT2D eigenvalue weighted by Crippen LogP contribution is 2.44. The van der Waals surface area contributed by atoms with Gasteiger partial charge in [-0.1, -0.05) is 48.5 Å². The van der Waals surface area contributed by atoms with Crippen molar-refractivity contribution in [3.8, 4) is 11.1 Å². The fourth-order valence-corrected chi connectivity index (χ4v) is 5.73. The van der Waals surface area contributed by atoms with Crippen LogP contribution in [0.15, 0.2) is 48.5 Å². The van der Waals surface area contributed by atoms with Gasteiger partial charge in [-0.2, -0.15) is 0 Å². The first-order valence-corrected chi connectivity index (χ1v) is 12.6. The van der Waals surface area contributed by atoms with Gasteiger partial charge >= 0.3 is 12.1 Å². The van der Waals surface area contributed by atoms with Crippen LogP contribution in [0.1, 0.15) is 55.6 Å². The van der Waals surface area contributed by atoms with Crippen LogP contribution in [-0.4, -0.2) is 53.7 Å². The van der Waals surface area contributed by atoms with Gasteiger partial charge in [0, 0.05) is 37.4 Å². The Labute approximate surface area is 205 Å². The Morgan fingerprint density at radius 2 is 1.69 bits per heavy atom. The molecule has 3 atom stereocenters. The summed E-state index contributed by atoms with van der Waals surface area (Å²) >= 11 is 0. The molecule has 7 heteroatoms. The zero-order valence-corrected chi connectivity index (χ0v) is 19.8. The van der Waals surface area contributed by atoms with Crippen LogP contribution in [0.5, 0.6) is 0 Å². The molecular weight excluding hydrogens is 444 g/mol. The zero-order chi connectivity index (χ0) is 24.4. The number of fused-ring (bicyclic) bond motifs is 3. The van der Waals surface area contributed by atoms with Gasteiger partial charge in [-0.15, -0.1) is 0 Å². The van der Waals surface area contributed by atoms with Gasteiger partial charge in [-0.3, -0.25) is 9.59 Å². The van der Waals surface area contributed by atoms with Crippen molar-refractivity contribution in [1.29, 1.82) is 0 Å². The maximum atomic E-state index is 13.0. The smallest absolute Gasteiger partial charge is 0.407 e. The highest BCUT2D eigenvalue weighted by atomic mass is 16.5. The number of nitrogens with zero attached hydrogens (tertiary/aromatic N) is 1. The van der Waals surface area contributed by atoms with Crippen molar-refractivity contribution in [1.82, 2.24) is 10.2 Å². The van der Waals surface area contributed by atoms with E-state index in [2.05, 4.69) is 29.6 Å². The number of rotatable bonds is 8. The highest BCUT2D eigenvalue weighted by Gasteiger charge is 2.46. The Bertz CT molecular complexity index is 1070. The first-order chi connectivity index (χ1) is 17.0. The molecule has 2 aromatic rings. The quantitative estimate of drug-likeness (QED) is 0.589. The van der Waals surface area contributed by atoms with E-state index < -0.39 is 12.1 Å². The summed E-state index contributed by atoms with van der Waals surface area (Å²) in [7, 11) is 0. The molecule has 1 unspecified atom stereocenters. The molecule has 2 N–H and O–H groups in total. The molecule has 184 valence electrons. The van der Waals surface area contributed by atoms with Gasteiger partial charge in [0.15, 0.2) is 0 Å². The van der Waals surface area contributed by atoms with Gasteiger partial charge in [-0.05, 0) is 60.3 Å². The second-order valence-electron chi connectivity index (χ2n) is 9.92. The predicted octanol–water partition coefficient (Wildman–Crippen LogP) is 4.41. The number of likely N-dealkylation sites (tertiary alicyclic amines) is 1. The SMILES string of the molecule is O=C(O)CCC1CCCCN1C(=O)[C@H]1C[C@H]1CNC(=O)OCC1c2ccccc2-c2ccccc21. The Balaban J connectivity index is 1.10. The van der Waals surface area contributed by atoms with Gasteiger partial charge in [-0.25, -0.2) is 4.79 Å². The van der Waals surface area contributed by atoms with Crippen molar-refractivity contribution in [3.63, 3.8) is 0 Å². The van der Waals surface area contributed by atoms with E-state index >= 15 is 0 Å². The molecule has 5 rings (SSSR count). The first kappa shape index (κ1) is 23.4. The van der Waals surface area contributed by atoms with Crippen molar-refractivity contribution >= 4 is 18.0 Å². The number of piperidine rings is 1. The molecule has 1 saturated carbocycles. The van der Waals surface area contributed by atoms with Crippen LogP contribution in [0.3, 0.4) is 0 Å². The number of carboxylic acids is 1. The van der Waals surface area contributed by atoms with E-state index in [1.54, 1.807) is 0 Å². The molecule has 3 aliphatic rings. The Kier molecular flexibility index (Phi) is 6.75. The molecule has 2 amide bonds. The zero-order valence-electron chi connectivity index (χ0n) is 19.8. The molecule has 7 nitrogen and oxygen atoms in total. The molecule has 1 aliphatic heterocycles. The van der Waals surface area contributed by atoms with Crippen LogP contribution in [0.25, 0.3) is 11.1 Å². The van der Waals surface area contributed by atoms with Crippen LogP contribution in [0, 0.1) is 11.8 Å². The van der Waals surface area contributed by atoms with Crippen LogP contribution >= 0.6 is 0 Å². The van der Waals surface area contributed by atoms with Gasteiger partial charge in [0.25, 0.3) is 0 Å². The van der Waals surface area contributed by atoms with Crippen molar-refractivity contribution in [2.24, 2.45) is 11.8 Å². The minimum atomic E-state index is -0.820. The average Bonchev–Trinajstić information content (AvgIpc) is 3.59. The number of carbonyl (C=O) groups is 3. The third-order valence-electron chi connectivity index (χ3n) is 7.69. The Morgan fingerprint density at radius 3 is 2.37 bits per heavy atom. The molecule has 0 spiro atoms. The van der Waals surface area contributed by atoms with Gasteiger partial charge in [0.05, 0.1) is 0 Å². The number of carboxylic acid groups (broad SMARTS) is 1. The molecule has 1 heterocycles. The Morgan fingerprint density at radius 1 is 1.00 bits per heavy atom. The number of ether oxygens (including phenoxy) is 1. The first-order valence-electron chi connectivity index (χ1n) is 12.6. The van der Waals surface area contributed by atoms with Crippen molar-refractivity contribution < 1.29 is 24.2 Å². The minimum Gasteiger partial charge on any atom is -0.481 e. The normalized spacial score (nSPS) is 22.7. The van der Waals surface area contributed by atoms with E-state index in [0.717, 1.165) is 25.7 Å². The second-order valence-corrected chi connectivity index (χ2v) is 9.92. The molecule has 0 aromatic heterocycles. The maximum Gasteiger partial charge on any atom is 0.407 e. The van der Waals surface area contributed by atoms with Crippen LogP contribution in [0.4, 0.5) is 4.79 Å². The van der Waals surface area contributed by atoms with Crippen LogP contribution in [0.2, 0.25) is 0 Å². The van der Waals surface area contributed by atoms with E-state index in [1.807, 2.05) is 29.2 Å². The fourth-order valence-electron chi connectivity index (χ4n) is 5.73. The van der Waals surface area contributed by atoms with Gasteiger partial charge < -0.3 is 20.1 Å². The molecule has 0 bridgehead atoms. The van der Waals surface area contributed by atoms with E-state index in [9.17, 15) is 14.4 Å². The number of hydrogen-bond acceptors (Lipinski definition) is 4. The molecule has 0 radical (unpaired) electrons. The molecular formula is C28H32N2O5. The summed E-state index contributed by atoms with van der Waals surface area (Å²) in [5.41, 5.74) is 4.73. The monoisotopic (exact) mass is 476 g/mol. The van der Waals surface area contributed by atoms with E-state index in [1.165, 1.54) is 22.3 Å². The van der Waals surface area contributed by atoms with E-state index in [0.29, 0.717) is 19.5 Å². The number of benzene rings is 2. The summed E-state index contributed by atoms with van der Waals surface area (Å²) in [6.45, 7) is 1.39. The molecule has 2 fully saturated rings. The summed E-state index contributed by atoms with van der Waals surface area (Å²) < 4.78 is 5.60. The summed E-state index contributed by atoms with van der Waals surface area (Å²) in [5.74, 6) is -0.663. The molecule has 1 saturated heterocycles. The number of amides is 2. The lowest BCUT2D eigenvalue weighted by atomic mass is 9.97. The van der Waals surface area contributed by atoms with Gasteiger partial charge in [0.1, 0.15) is 6.61 Å².